The summed E-state index contributed by atoms with van der Waals surface area (Å²) in [5.74, 6) is -0.365. The first-order chi connectivity index (χ1) is 12.8. The van der Waals surface area contributed by atoms with Crippen LogP contribution in [0.1, 0.15) is 47.1 Å². The highest BCUT2D eigenvalue weighted by Gasteiger charge is 2.16. The molecule has 0 fully saturated rings. The fourth-order valence-electron chi connectivity index (χ4n) is 2.97. The summed E-state index contributed by atoms with van der Waals surface area (Å²) in [5.41, 5.74) is 2.90. The first-order valence-corrected chi connectivity index (χ1v) is 9.09. The van der Waals surface area contributed by atoms with Crippen molar-refractivity contribution in [3.63, 3.8) is 0 Å². The average molecular weight is 363 g/mol. The normalized spacial score (nSPS) is 11.4. The van der Waals surface area contributed by atoms with E-state index in [4.69, 9.17) is 0 Å². The third-order valence-corrected chi connectivity index (χ3v) is 4.23. The van der Waals surface area contributed by atoms with Crippen molar-refractivity contribution in [2.75, 3.05) is 6.54 Å². The van der Waals surface area contributed by atoms with Crippen LogP contribution in [-0.2, 0) is 6.42 Å². The van der Waals surface area contributed by atoms with Crippen molar-refractivity contribution < 1.29 is 9.59 Å². The molecular weight excluding hydrogens is 338 g/mol. The smallest absolute Gasteiger partial charge is 0.251 e. The zero-order chi connectivity index (χ0) is 19.4. The molecule has 0 aliphatic carbocycles. The lowest BCUT2D eigenvalue weighted by molar-refractivity contribution is 0.0919. The Morgan fingerprint density at radius 1 is 0.963 bits per heavy atom. The molecule has 2 aromatic carbocycles. The maximum atomic E-state index is 12.4. The van der Waals surface area contributed by atoms with Crippen LogP contribution in [0.15, 0.2) is 54.7 Å². The summed E-state index contributed by atoms with van der Waals surface area (Å²) in [7, 11) is 0. The van der Waals surface area contributed by atoms with Gasteiger partial charge in [-0.15, -0.1) is 0 Å². The fourth-order valence-corrected chi connectivity index (χ4v) is 2.97. The Morgan fingerprint density at radius 2 is 1.67 bits per heavy atom. The molecule has 3 rings (SSSR count). The van der Waals surface area contributed by atoms with Crippen LogP contribution in [0, 0.1) is 0 Å². The molecule has 2 amide bonds. The molecule has 0 aliphatic rings. The van der Waals surface area contributed by atoms with Gasteiger partial charge in [-0.3, -0.25) is 9.59 Å². The summed E-state index contributed by atoms with van der Waals surface area (Å²) in [4.78, 5) is 28.0. The molecule has 0 saturated heterocycles. The van der Waals surface area contributed by atoms with Crippen LogP contribution in [0.5, 0.6) is 0 Å². The number of benzene rings is 2. The maximum absolute atomic E-state index is 12.4. The Labute approximate surface area is 159 Å². The quantitative estimate of drug-likeness (QED) is 0.647. The van der Waals surface area contributed by atoms with Crippen molar-refractivity contribution in [3.05, 3.63) is 71.4 Å². The van der Waals surface area contributed by atoms with Crippen LogP contribution < -0.4 is 10.6 Å². The fraction of sp³-hybridized carbons (Fsp3) is 0.273. The number of fused-ring (bicyclic) bond motifs is 1. The molecular formula is C22H25N3O2. The lowest BCUT2D eigenvalue weighted by atomic mass is 10.1. The van der Waals surface area contributed by atoms with Gasteiger partial charge in [-0.1, -0.05) is 24.3 Å². The Kier molecular flexibility index (Phi) is 5.31. The van der Waals surface area contributed by atoms with Crippen LogP contribution in [-0.4, -0.2) is 28.9 Å². The third-order valence-electron chi connectivity index (χ3n) is 4.23. The highest BCUT2D eigenvalue weighted by Crippen LogP contribution is 2.17. The van der Waals surface area contributed by atoms with E-state index in [1.807, 2.05) is 45.2 Å². The second-order valence-corrected chi connectivity index (χ2v) is 7.65. The molecule has 1 heterocycles. The minimum absolute atomic E-state index is 0.180. The summed E-state index contributed by atoms with van der Waals surface area (Å²) in [5, 5.41) is 7.01. The standard InChI is InChI=1S/C22H25N3O2/c1-22(2,3)25-21(27)16-8-6-7-15(13-16)20(26)23-12-11-17-14-24-19-10-5-4-9-18(17)19/h4-10,13-14,24H,11-12H2,1-3H3,(H,23,26)(H,25,27). The molecule has 0 spiro atoms. The average Bonchev–Trinajstić information content (AvgIpc) is 3.04. The number of aromatic nitrogens is 1. The Balaban J connectivity index is 1.61. The molecule has 5 nitrogen and oxygen atoms in total. The van der Waals surface area contributed by atoms with Crippen LogP contribution in [0.25, 0.3) is 10.9 Å². The number of amides is 2. The molecule has 0 radical (unpaired) electrons. The van der Waals surface area contributed by atoms with Gasteiger partial charge in [-0.05, 0) is 57.0 Å². The van der Waals surface area contributed by atoms with Gasteiger partial charge in [0.15, 0.2) is 0 Å². The molecule has 1 aromatic heterocycles. The van der Waals surface area contributed by atoms with E-state index in [-0.39, 0.29) is 17.4 Å². The Morgan fingerprint density at radius 3 is 2.41 bits per heavy atom. The second-order valence-electron chi connectivity index (χ2n) is 7.65. The van der Waals surface area contributed by atoms with E-state index in [2.05, 4.69) is 21.7 Å². The highest BCUT2D eigenvalue weighted by molar-refractivity contribution is 5.99. The van der Waals surface area contributed by atoms with Crippen LogP contribution in [0.3, 0.4) is 0 Å². The molecule has 140 valence electrons. The Hall–Kier alpha value is -3.08. The summed E-state index contributed by atoms with van der Waals surface area (Å²) in [6.45, 7) is 6.30. The predicted octanol–water partition coefficient (Wildman–Crippen LogP) is 3.67. The van der Waals surface area contributed by atoms with E-state index in [1.54, 1.807) is 24.3 Å². The number of carbonyl (C=O) groups excluding carboxylic acids is 2. The molecule has 0 unspecified atom stereocenters. The molecule has 3 N–H and O–H groups in total. The third kappa shape index (κ3) is 4.76. The summed E-state index contributed by atoms with van der Waals surface area (Å²) < 4.78 is 0. The van der Waals surface area contributed by atoms with E-state index in [1.165, 1.54) is 10.9 Å². The van der Waals surface area contributed by atoms with Gasteiger partial charge in [0, 0.05) is 40.3 Å². The number of hydrogen-bond donors (Lipinski definition) is 3. The number of carbonyl (C=O) groups is 2. The van der Waals surface area contributed by atoms with Crippen LogP contribution in [0.2, 0.25) is 0 Å². The van der Waals surface area contributed by atoms with Crippen molar-refractivity contribution in [2.24, 2.45) is 0 Å². The van der Waals surface area contributed by atoms with Gasteiger partial charge in [0.05, 0.1) is 0 Å². The minimum atomic E-state index is -0.325. The van der Waals surface area contributed by atoms with Crippen molar-refractivity contribution in [1.82, 2.24) is 15.6 Å². The molecule has 0 aliphatic heterocycles. The molecule has 27 heavy (non-hydrogen) atoms. The van der Waals surface area contributed by atoms with Crippen molar-refractivity contribution in [1.29, 1.82) is 0 Å². The summed E-state index contributed by atoms with van der Waals surface area (Å²) in [6, 6.07) is 14.9. The lowest BCUT2D eigenvalue weighted by Gasteiger charge is -2.20. The van der Waals surface area contributed by atoms with Crippen LogP contribution >= 0.6 is 0 Å². The van der Waals surface area contributed by atoms with Gasteiger partial charge in [0.25, 0.3) is 11.8 Å². The molecule has 5 heteroatoms. The van der Waals surface area contributed by atoms with E-state index < -0.39 is 0 Å². The molecule has 3 aromatic rings. The monoisotopic (exact) mass is 363 g/mol. The van der Waals surface area contributed by atoms with Gasteiger partial charge < -0.3 is 15.6 Å². The number of aromatic amines is 1. The molecule has 0 bridgehead atoms. The first-order valence-electron chi connectivity index (χ1n) is 9.09. The van der Waals surface area contributed by atoms with Gasteiger partial charge in [-0.25, -0.2) is 0 Å². The highest BCUT2D eigenvalue weighted by atomic mass is 16.2. The number of hydrogen-bond acceptors (Lipinski definition) is 2. The zero-order valence-corrected chi connectivity index (χ0v) is 15.9. The van der Waals surface area contributed by atoms with E-state index >= 15 is 0 Å². The second kappa shape index (κ2) is 7.66. The van der Waals surface area contributed by atoms with E-state index in [0.29, 0.717) is 17.7 Å². The SMILES string of the molecule is CC(C)(C)NC(=O)c1cccc(C(=O)NCCc2c[nH]c3ccccc23)c1. The van der Waals surface area contributed by atoms with Gasteiger partial charge in [-0.2, -0.15) is 0 Å². The van der Waals surface area contributed by atoms with Crippen molar-refractivity contribution in [3.8, 4) is 0 Å². The predicted molar refractivity (Wildman–Crippen MR) is 108 cm³/mol. The van der Waals surface area contributed by atoms with Crippen molar-refractivity contribution in [2.45, 2.75) is 32.7 Å². The topological polar surface area (TPSA) is 74.0 Å². The first kappa shape index (κ1) is 18.7. The minimum Gasteiger partial charge on any atom is -0.361 e. The largest absolute Gasteiger partial charge is 0.361 e. The van der Waals surface area contributed by atoms with Gasteiger partial charge in [0.1, 0.15) is 0 Å². The number of H-pyrrole nitrogens is 1. The lowest BCUT2D eigenvalue weighted by Crippen LogP contribution is -2.40. The number of nitrogens with one attached hydrogen (secondary N) is 3. The summed E-state index contributed by atoms with van der Waals surface area (Å²) >= 11 is 0. The molecule has 0 saturated carbocycles. The number of rotatable bonds is 5. The summed E-state index contributed by atoms with van der Waals surface area (Å²) in [6.07, 6.45) is 2.72. The maximum Gasteiger partial charge on any atom is 0.251 e. The van der Waals surface area contributed by atoms with E-state index in [0.717, 1.165) is 11.9 Å². The van der Waals surface area contributed by atoms with Crippen LogP contribution in [0.4, 0.5) is 0 Å². The molecule has 0 atom stereocenters. The van der Waals surface area contributed by atoms with Crippen molar-refractivity contribution >= 4 is 22.7 Å². The van der Waals surface area contributed by atoms with E-state index in [9.17, 15) is 9.59 Å². The Bertz CT molecular complexity index is 967. The number of para-hydroxylation sites is 1. The zero-order valence-electron chi connectivity index (χ0n) is 15.9. The van der Waals surface area contributed by atoms with Gasteiger partial charge in [0.2, 0.25) is 0 Å². The van der Waals surface area contributed by atoms with Gasteiger partial charge >= 0.3 is 0 Å².